The standard InChI is InChI=1S/C23H32N4O3S/c1-5-24-22(26-16-19-14-17-10-6-8-12-20(17)30-19)25-15-18-11-7-9-13-21(18)31(28,29)27-23(2,3)4/h6-13,19,27H,5,14-16H2,1-4H3,(H2,24,25,26). The van der Waals surface area contributed by atoms with E-state index in [1.54, 1.807) is 18.2 Å². The van der Waals surface area contributed by atoms with Crippen LogP contribution in [0.4, 0.5) is 0 Å². The lowest BCUT2D eigenvalue weighted by atomic mass is 10.1. The highest BCUT2D eigenvalue weighted by Crippen LogP contribution is 2.27. The number of nitrogens with zero attached hydrogens (tertiary/aromatic N) is 1. The van der Waals surface area contributed by atoms with Crippen molar-refractivity contribution in [1.29, 1.82) is 0 Å². The van der Waals surface area contributed by atoms with Crippen molar-refractivity contribution in [3.63, 3.8) is 0 Å². The molecule has 1 heterocycles. The van der Waals surface area contributed by atoms with Crippen LogP contribution in [0.3, 0.4) is 0 Å². The number of nitrogens with one attached hydrogen (secondary N) is 3. The average Bonchev–Trinajstić information content (AvgIpc) is 3.11. The molecule has 31 heavy (non-hydrogen) atoms. The summed E-state index contributed by atoms with van der Waals surface area (Å²) in [6, 6.07) is 15.0. The molecule has 7 nitrogen and oxygen atoms in total. The maximum atomic E-state index is 12.8. The van der Waals surface area contributed by atoms with Gasteiger partial charge in [0.1, 0.15) is 11.9 Å². The molecular weight excluding hydrogens is 412 g/mol. The Kier molecular flexibility index (Phi) is 7.23. The number of hydrogen-bond donors (Lipinski definition) is 3. The summed E-state index contributed by atoms with van der Waals surface area (Å²) >= 11 is 0. The van der Waals surface area contributed by atoms with Crippen molar-refractivity contribution in [2.75, 3.05) is 13.1 Å². The summed E-state index contributed by atoms with van der Waals surface area (Å²) < 4.78 is 34.4. The van der Waals surface area contributed by atoms with E-state index in [1.807, 2.05) is 52.0 Å². The first-order valence-corrected chi connectivity index (χ1v) is 12.0. The molecule has 1 aliphatic heterocycles. The predicted molar refractivity (Wildman–Crippen MR) is 124 cm³/mol. The third kappa shape index (κ3) is 6.45. The summed E-state index contributed by atoms with van der Waals surface area (Å²) in [5, 5.41) is 6.53. The molecule has 0 radical (unpaired) electrons. The molecule has 3 N–H and O–H groups in total. The van der Waals surface area contributed by atoms with Crippen molar-refractivity contribution < 1.29 is 13.2 Å². The highest BCUT2D eigenvalue weighted by Gasteiger charge is 2.24. The van der Waals surface area contributed by atoms with Gasteiger partial charge in [-0.05, 0) is 51.0 Å². The molecule has 3 rings (SSSR count). The zero-order chi connectivity index (χ0) is 22.5. The second kappa shape index (κ2) is 9.70. The maximum absolute atomic E-state index is 12.8. The fourth-order valence-corrected chi connectivity index (χ4v) is 5.09. The van der Waals surface area contributed by atoms with Crippen molar-refractivity contribution in [3.05, 3.63) is 59.7 Å². The summed E-state index contributed by atoms with van der Waals surface area (Å²) in [4.78, 5) is 4.86. The van der Waals surface area contributed by atoms with E-state index in [0.717, 1.165) is 12.2 Å². The van der Waals surface area contributed by atoms with Crippen LogP contribution in [0.25, 0.3) is 0 Å². The molecule has 0 aromatic heterocycles. The van der Waals surface area contributed by atoms with Crippen LogP contribution in [-0.2, 0) is 23.0 Å². The van der Waals surface area contributed by atoms with Gasteiger partial charge in [-0.1, -0.05) is 36.4 Å². The molecule has 1 unspecified atom stereocenters. The Morgan fingerprint density at radius 3 is 2.52 bits per heavy atom. The molecule has 1 atom stereocenters. The van der Waals surface area contributed by atoms with E-state index in [9.17, 15) is 8.42 Å². The second-order valence-electron chi connectivity index (χ2n) is 8.59. The number of benzene rings is 2. The molecule has 2 aromatic rings. The van der Waals surface area contributed by atoms with E-state index in [1.165, 1.54) is 5.56 Å². The summed E-state index contributed by atoms with van der Waals surface area (Å²) in [6.07, 6.45) is 0.882. The molecule has 0 bridgehead atoms. The van der Waals surface area contributed by atoms with E-state index in [0.29, 0.717) is 24.6 Å². The Hall–Kier alpha value is -2.58. The van der Waals surface area contributed by atoms with Gasteiger partial charge < -0.3 is 15.4 Å². The van der Waals surface area contributed by atoms with Gasteiger partial charge in [-0.25, -0.2) is 18.1 Å². The number of aliphatic imine (C=N–C) groups is 1. The Balaban J connectivity index is 1.69. The Labute approximate surface area is 185 Å². The zero-order valence-electron chi connectivity index (χ0n) is 18.6. The molecule has 0 spiro atoms. The van der Waals surface area contributed by atoms with Crippen LogP contribution in [0, 0.1) is 0 Å². The monoisotopic (exact) mass is 444 g/mol. The fraction of sp³-hybridized carbons (Fsp3) is 0.435. The third-order valence-corrected chi connectivity index (χ3v) is 6.52. The Morgan fingerprint density at radius 2 is 1.81 bits per heavy atom. The number of sulfonamides is 1. The normalized spacial score (nSPS) is 16.5. The van der Waals surface area contributed by atoms with Crippen molar-refractivity contribution in [2.45, 2.75) is 57.2 Å². The first kappa shape index (κ1) is 23.1. The lowest BCUT2D eigenvalue weighted by molar-refractivity contribution is 0.235. The molecule has 0 saturated heterocycles. The minimum Gasteiger partial charge on any atom is -0.488 e. The van der Waals surface area contributed by atoms with Gasteiger partial charge in [-0.3, -0.25) is 0 Å². The number of fused-ring (bicyclic) bond motifs is 1. The Morgan fingerprint density at radius 1 is 1.10 bits per heavy atom. The molecule has 8 heteroatoms. The van der Waals surface area contributed by atoms with Crippen molar-refractivity contribution in [1.82, 2.24) is 15.4 Å². The molecule has 168 valence electrons. The van der Waals surface area contributed by atoms with Gasteiger partial charge in [-0.2, -0.15) is 0 Å². The van der Waals surface area contributed by atoms with Crippen molar-refractivity contribution >= 4 is 16.0 Å². The molecule has 2 aromatic carbocycles. The van der Waals surface area contributed by atoms with Gasteiger partial charge >= 0.3 is 0 Å². The smallest absolute Gasteiger partial charge is 0.241 e. The first-order chi connectivity index (χ1) is 14.7. The molecule has 1 aliphatic rings. The highest BCUT2D eigenvalue weighted by atomic mass is 32.2. The van der Waals surface area contributed by atoms with Gasteiger partial charge in [0.2, 0.25) is 10.0 Å². The quantitative estimate of drug-likeness (QED) is 0.451. The van der Waals surface area contributed by atoms with Crippen LogP contribution in [0.1, 0.15) is 38.8 Å². The minimum absolute atomic E-state index is 0.0323. The zero-order valence-corrected chi connectivity index (χ0v) is 19.4. The maximum Gasteiger partial charge on any atom is 0.241 e. The summed E-state index contributed by atoms with van der Waals surface area (Å²) in [7, 11) is -3.64. The van der Waals surface area contributed by atoms with Crippen molar-refractivity contribution in [2.24, 2.45) is 4.99 Å². The van der Waals surface area contributed by atoms with Crippen LogP contribution >= 0.6 is 0 Å². The third-order valence-electron chi connectivity index (χ3n) is 4.67. The molecule has 0 aliphatic carbocycles. The van der Waals surface area contributed by atoms with Gasteiger partial charge in [0.25, 0.3) is 0 Å². The SMILES string of the molecule is CCNC(=NCc1ccccc1S(=O)(=O)NC(C)(C)C)NCC1Cc2ccccc2O1. The first-order valence-electron chi connectivity index (χ1n) is 10.6. The number of ether oxygens (including phenoxy) is 1. The van der Waals surface area contributed by atoms with Gasteiger partial charge in [0.05, 0.1) is 18.0 Å². The number of para-hydroxylation sites is 1. The van der Waals surface area contributed by atoms with Crippen LogP contribution in [0.5, 0.6) is 5.75 Å². The second-order valence-corrected chi connectivity index (χ2v) is 10.2. The number of rotatable bonds is 7. The average molecular weight is 445 g/mol. The molecule has 0 fully saturated rings. The van der Waals surface area contributed by atoms with Crippen molar-refractivity contribution in [3.8, 4) is 5.75 Å². The van der Waals surface area contributed by atoms with E-state index >= 15 is 0 Å². The lowest BCUT2D eigenvalue weighted by Crippen LogP contribution is -2.42. The van der Waals surface area contributed by atoms with E-state index in [4.69, 9.17) is 4.74 Å². The molecular formula is C23H32N4O3S. The summed E-state index contributed by atoms with van der Waals surface area (Å²) in [6.45, 7) is 8.99. The summed E-state index contributed by atoms with van der Waals surface area (Å²) in [5.74, 6) is 1.56. The van der Waals surface area contributed by atoms with Crippen LogP contribution in [0.15, 0.2) is 58.4 Å². The van der Waals surface area contributed by atoms with Crippen LogP contribution in [0.2, 0.25) is 0 Å². The lowest BCUT2D eigenvalue weighted by Gasteiger charge is -2.21. The van der Waals surface area contributed by atoms with Gasteiger partial charge in [0, 0.05) is 18.5 Å². The number of guanidine groups is 1. The largest absolute Gasteiger partial charge is 0.488 e. The molecule has 0 saturated carbocycles. The summed E-state index contributed by atoms with van der Waals surface area (Å²) in [5.41, 5.74) is 1.28. The number of hydrogen-bond acceptors (Lipinski definition) is 4. The van der Waals surface area contributed by atoms with Crippen LogP contribution < -0.4 is 20.1 Å². The van der Waals surface area contributed by atoms with E-state index in [-0.39, 0.29) is 17.5 Å². The van der Waals surface area contributed by atoms with Crippen LogP contribution in [-0.4, -0.2) is 39.1 Å². The topological polar surface area (TPSA) is 91.8 Å². The fourth-order valence-electron chi connectivity index (χ4n) is 3.44. The predicted octanol–water partition coefficient (Wildman–Crippen LogP) is 2.82. The minimum atomic E-state index is -3.64. The van der Waals surface area contributed by atoms with Gasteiger partial charge in [-0.15, -0.1) is 0 Å². The van der Waals surface area contributed by atoms with E-state index < -0.39 is 15.6 Å². The molecule has 0 amide bonds. The highest BCUT2D eigenvalue weighted by molar-refractivity contribution is 7.89. The van der Waals surface area contributed by atoms with Gasteiger partial charge in [0.15, 0.2) is 5.96 Å². The van der Waals surface area contributed by atoms with E-state index in [2.05, 4.69) is 26.4 Å². The Bertz CT molecular complexity index is 1000.